The molecule has 0 aromatic heterocycles. The van der Waals surface area contributed by atoms with Gasteiger partial charge in [0.2, 0.25) is 10.0 Å². The highest BCUT2D eigenvalue weighted by Crippen LogP contribution is 2.18. The number of ether oxygens (including phenoxy) is 1. The molecule has 0 bridgehead atoms. The van der Waals surface area contributed by atoms with Crippen LogP contribution in [0.5, 0.6) is 0 Å². The number of carbonyl (C=O) groups is 1. The Morgan fingerprint density at radius 1 is 1.26 bits per heavy atom. The van der Waals surface area contributed by atoms with Gasteiger partial charge < -0.3 is 4.74 Å². The molecule has 1 aromatic carbocycles. The topological polar surface area (TPSA) is 63.7 Å². The summed E-state index contributed by atoms with van der Waals surface area (Å²) in [5.74, 6) is -0.568. The van der Waals surface area contributed by atoms with Crippen molar-refractivity contribution in [2.45, 2.75) is 18.7 Å². The maximum Gasteiger partial charge on any atom is 0.321 e. The Hall–Kier alpha value is -1.11. The number of rotatable bonds is 6. The number of esters is 1. The highest BCUT2D eigenvalue weighted by Gasteiger charge is 2.25. The van der Waals surface area contributed by atoms with E-state index in [0.29, 0.717) is 5.02 Å². The summed E-state index contributed by atoms with van der Waals surface area (Å²) in [5, 5.41) is 0.451. The van der Waals surface area contributed by atoms with Crippen LogP contribution >= 0.6 is 11.6 Å². The van der Waals surface area contributed by atoms with Crippen LogP contribution < -0.4 is 0 Å². The van der Waals surface area contributed by atoms with Crippen molar-refractivity contribution in [3.8, 4) is 0 Å². The minimum atomic E-state index is -3.71. The van der Waals surface area contributed by atoms with Crippen molar-refractivity contribution in [2.24, 2.45) is 0 Å². The maximum absolute atomic E-state index is 12.3. The molecular formula is C12H16ClNO4S. The molecule has 0 aliphatic rings. The van der Waals surface area contributed by atoms with E-state index in [1.54, 1.807) is 13.8 Å². The second-order valence-electron chi connectivity index (χ2n) is 3.69. The molecule has 1 aromatic rings. The molecule has 0 unspecified atom stereocenters. The predicted molar refractivity (Wildman–Crippen MR) is 72.5 cm³/mol. The summed E-state index contributed by atoms with van der Waals surface area (Å²) in [6.45, 7) is 3.44. The molecule has 0 atom stereocenters. The van der Waals surface area contributed by atoms with E-state index in [0.717, 1.165) is 4.31 Å². The van der Waals surface area contributed by atoms with E-state index in [4.69, 9.17) is 16.3 Å². The van der Waals surface area contributed by atoms with Crippen molar-refractivity contribution >= 4 is 27.6 Å². The third kappa shape index (κ3) is 4.19. The largest absolute Gasteiger partial charge is 0.465 e. The molecule has 0 radical (unpaired) electrons. The van der Waals surface area contributed by atoms with Crippen LogP contribution in [-0.4, -0.2) is 38.4 Å². The fourth-order valence-corrected chi connectivity index (χ4v) is 2.99. The molecule has 0 aliphatic carbocycles. The van der Waals surface area contributed by atoms with Crippen molar-refractivity contribution in [1.29, 1.82) is 0 Å². The highest BCUT2D eigenvalue weighted by atomic mass is 35.5. The van der Waals surface area contributed by atoms with Gasteiger partial charge in [-0.25, -0.2) is 8.42 Å². The van der Waals surface area contributed by atoms with Crippen molar-refractivity contribution in [2.75, 3.05) is 19.7 Å². The first kappa shape index (κ1) is 15.9. The van der Waals surface area contributed by atoms with E-state index >= 15 is 0 Å². The van der Waals surface area contributed by atoms with Crippen molar-refractivity contribution in [1.82, 2.24) is 4.31 Å². The Balaban J connectivity index is 2.95. The zero-order valence-electron chi connectivity index (χ0n) is 10.8. The van der Waals surface area contributed by atoms with Crippen LogP contribution in [0, 0.1) is 0 Å². The maximum atomic E-state index is 12.3. The highest BCUT2D eigenvalue weighted by molar-refractivity contribution is 7.89. The summed E-state index contributed by atoms with van der Waals surface area (Å²) in [4.78, 5) is 11.5. The van der Waals surface area contributed by atoms with Crippen LogP contribution in [0.1, 0.15) is 13.8 Å². The van der Waals surface area contributed by atoms with Crippen LogP contribution in [0.2, 0.25) is 5.02 Å². The molecule has 1 rings (SSSR count). The molecule has 0 fully saturated rings. The third-order valence-corrected chi connectivity index (χ3v) is 4.60. The third-order valence-electron chi connectivity index (χ3n) is 2.41. The van der Waals surface area contributed by atoms with Crippen molar-refractivity contribution in [3.63, 3.8) is 0 Å². The average molecular weight is 306 g/mol. The molecule has 5 nitrogen and oxygen atoms in total. The second-order valence-corrected chi connectivity index (χ2v) is 6.06. The number of nitrogens with zero attached hydrogens (tertiary/aromatic N) is 1. The van der Waals surface area contributed by atoms with E-state index in [-0.39, 0.29) is 24.6 Å². The van der Waals surface area contributed by atoms with Crippen molar-refractivity contribution in [3.05, 3.63) is 29.3 Å². The zero-order chi connectivity index (χ0) is 14.5. The number of hydrogen-bond acceptors (Lipinski definition) is 4. The molecule has 7 heteroatoms. The lowest BCUT2D eigenvalue weighted by atomic mass is 10.4. The molecule has 0 heterocycles. The molecule has 19 heavy (non-hydrogen) atoms. The van der Waals surface area contributed by atoms with E-state index < -0.39 is 16.0 Å². The lowest BCUT2D eigenvalue weighted by Gasteiger charge is -2.19. The molecular weight excluding hydrogens is 290 g/mol. The van der Waals surface area contributed by atoms with Gasteiger partial charge in [0, 0.05) is 11.6 Å². The Morgan fingerprint density at radius 3 is 2.32 bits per heavy atom. The summed E-state index contributed by atoms with van der Waals surface area (Å²) in [7, 11) is -3.71. The molecule has 0 aliphatic heterocycles. The number of hydrogen-bond donors (Lipinski definition) is 0. The number of sulfonamides is 1. The first-order valence-electron chi connectivity index (χ1n) is 5.83. The number of likely N-dealkylation sites (N-methyl/N-ethyl adjacent to an activating group) is 1. The summed E-state index contributed by atoms with van der Waals surface area (Å²) < 4.78 is 30.4. The van der Waals surface area contributed by atoms with E-state index in [1.165, 1.54) is 24.3 Å². The zero-order valence-corrected chi connectivity index (χ0v) is 12.4. The van der Waals surface area contributed by atoms with Crippen LogP contribution in [-0.2, 0) is 19.6 Å². The number of halogens is 1. The average Bonchev–Trinajstić information content (AvgIpc) is 2.36. The van der Waals surface area contributed by atoms with Gasteiger partial charge in [0.1, 0.15) is 6.54 Å². The van der Waals surface area contributed by atoms with Gasteiger partial charge in [-0.2, -0.15) is 4.31 Å². The van der Waals surface area contributed by atoms with Gasteiger partial charge in [-0.1, -0.05) is 18.5 Å². The van der Waals surface area contributed by atoms with Gasteiger partial charge in [-0.15, -0.1) is 0 Å². The van der Waals surface area contributed by atoms with Gasteiger partial charge in [-0.3, -0.25) is 4.79 Å². The summed E-state index contributed by atoms with van der Waals surface area (Å²) in [6.07, 6.45) is 0. The SMILES string of the molecule is CCOC(=O)CN(CC)S(=O)(=O)c1ccc(Cl)cc1. The van der Waals surface area contributed by atoms with Crippen LogP contribution in [0.4, 0.5) is 0 Å². The van der Waals surface area contributed by atoms with E-state index in [2.05, 4.69) is 0 Å². The Kier molecular flexibility index (Phi) is 5.78. The molecule has 0 amide bonds. The smallest absolute Gasteiger partial charge is 0.321 e. The van der Waals surface area contributed by atoms with Crippen LogP contribution in [0.25, 0.3) is 0 Å². The first-order valence-corrected chi connectivity index (χ1v) is 7.65. The Morgan fingerprint density at radius 2 is 1.84 bits per heavy atom. The normalized spacial score (nSPS) is 11.6. The van der Waals surface area contributed by atoms with E-state index in [1.807, 2.05) is 0 Å². The van der Waals surface area contributed by atoms with Crippen LogP contribution in [0.3, 0.4) is 0 Å². The van der Waals surface area contributed by atoms with Crippen LogP contribution in [0.15, 0.2) is 29.2 Å². The van der Waals surface area contributed by atoms with Crippen molar-refractivity contribution < 1.29 is 17.9 Å². The molecule has 0 saturated heterocycles. The number of carbonyl (C=O) groups excluding carboxylic acids is 1. The molecule has 0 spiro atoms. The molecule has 106 valence electrons. The molecule has 0 saturated carbocycles. The van der Waals surface area contributed by atoms with Gasteiger partial charge in [0.15, 0.2) is 0 Å². The molecule has 0 N–H and O–H groups in total. The fraction of sp³-hybridized carbons (Fsp3) is 0.417. The standard InChI is InChI=1S/C12H16ClNO4S/c1-3-14(9-12(15)18-4-2)19(16,17)11-7-5-10(13)6-8-11/h5-8H,3-4,9H2,1-2H3. The van der Waals surface area contributed by atoms with Gasteiger partial charge in [0.25, 0.3) is 0 Å². The number of benzene rings is 1. The monoisotopic (exact) mass is 305 g/mol. The van der Waals surface area contributed by atoms with Gasteiger partial charge >= 0.3 is 5.97 Å². The predicted octanol–water partition coefficient (Wildman–Crippen LogP) is 1.91. The van der Waals surface area contributed by atoms with E-state index in [9.17, 15) is 13.2 Å². The lowest BCUT2D eigenvalue weighted by Crippen LogP contribution is -2.36. The Bertz CT molecular complexity index is 527. The fourth-order valence-electron chi connectivity index (χ4n) is 1.47. The second kappa shape index (κ2) is 6.88. The lowest BCUT2D eigenvalue weighted by molar-refractivity contribution is -0.143. The summed E-state index contributed by atoms with van der Waals surface area (Å²) in [5.41, 5.74) is 0. The Labute approximate surface area is 118 Å². The summed E-state index contributed by atoms with van der Waals surface area (Å²) in [6, 6.07) is 5.80. The van der Waals surface area contributed by atoms with Gasteiger partial charge in [0.05, 0.1) is 11.5 Å². The minimum absolute atomic E-state index is 0.100. The van der Waals surface area contributed by atoms with Gasteiger partial charge in [-0.05, 0) is 31.2 Å². The minimum Gasteiger partial charge on any atom is -0.465 e. The summed E-state index contributed by atoms with van der Waals surface area (Å²) >= 11 is 5.72. The first-order chi connectivity index (χ1) is 8.91. The quantitative estimate of drug-likeness (QED) is 0.753.